The van der Waals surface area contributed by atoms with E-state index in [2.05, 4.69) is 15.9 Å². The molecule has 2 rings (SSSR count). The number of hydrogen-bond donors (Lipinski definition) is 1. The summed E-state index contributed by atoms with van der Waals surface area (Å²) in [4.78, 5) is 0. The lowest BCUT2D eigenvalue weighted by molar-refractivity contribution is 0.219. The molecule has 88 valence electrons. The highest BCUT2D eigenvalue weighted by atomic mass is 79.9. The third-order valence-corrected chi connectivity index (χ3v) is 3.19. The summed E-state index contributed by atoms with van der Waals surface area (Å²) in [6.45, 7) is 1.86. The average molecular weight is 295 g/mol. The second-order valence-corrected chi connectivity index (χ2v) is 4.87. The fraction of sp³-hybridized carbons (Fsp3) is 0.143. The van der Waals surface area contributed by atoms with E-state index in [1.807, 2.05) is 31.2 Å². The highest BCUT2D eigenvalue weighted by Crippen LogP contribution is 2.27. The van der Waals surface area contributed by atoms with Crippen LogP contribution in [-0.4, -0.2) is 5.11 Å². The maximum atomic E-state index is 13.2. The van der Waals surface area contributed by atoms with Crippen LogP contribution in [0.5, 0.6) is 0 Å². The van der Waals surface area contributed by atoms with Crippen molar-refractivity contribution in [2.45, 2.75) is 13.0 Å². The number of halogens is 2. The van der Waals surface area contributed by atoms with Crippen LogP contribution in [0.15, 0.2) is 46.9 Å². The Bertz CT molecular complexity index is 539. The van der Waals surface area contributed by atoms with Crippen molar-refractivity contribution in [1.29, 1.82) is 0 Å². The van der Waals surface area contributed by atoms with Crippen molar-refractivity contribution in [1.82, 2.24) is 0 Å². The lowest BCUT2D eigenvalue weighted by Crippen LogP contribution is -2.02. The van der Waals surface area contributed by atoms with Gasteiger partial charge in [-0.2, -0.15) is 0 Å². The summed E-state index contributed by atoms with van der Waals surface area (Å²) in [6, 6.07) is 11.8. The molecule has 3 heteroatoms. The van der Waals surface area contributed by atoms with E-state index < -0.39 is 6.10 Å². The molecule has 0 spiro atoms. The predicted molar refractivity (Wildman–Crippen MR) is 69.3 cm³/mol. The van der Waals surface area contributed by atoms with Gasteiger partial charge in [0.2, 0.25) is 0 Å². The van der Waals surface area contributed by atoms with E-state index in [-0.39, 0.29) is 5.82 Å². The number of rotatable bonds is 2. The van der Waals surface area contributed by atoms with Gasteiger partial charge in [0.25, 0.3) is 0 Å². The second kappa shape index (κ2) is 4.98. The van der Waals surface area contributed by atoms with Crippen molar-refractivity contribution in [2.24, 2.45) is 0 Å². The molecule has 1 nitrogen and oxygen atoms in total. The van der Waals surface area contributed by atoms with Crippen LogP contribution >= 0.6 is 15.9 Å². The van der Waals surface area contributed by atoms with Gasteiger partial charge in [-0.15, -0.1) is 0 Å². The molecular weight excluding hydrogens is 283 g/mol. The van der Waals surface area contributed by atoms with E-state index in [0.717, 1.165) is 15.6 Å². The van der Waals surface area contributed by atoms with Crippen LogP contribution < -0.4 is 0 Å². The third-order valence-electron chi connectivity index (χ3n) is 2.70. The lowest BCUT2D eigenvalue weighted by Gasteiger charge is -2.14. The van der Waals surface area contributed by atoms with E-state index in [4.69, 9.17) is 0 Å². The van der Waals surface area contributed by atoms with Gasteiger partial charge >= 0.3 is 0 Å². The quantitative estimate of drug-likeness (QED) is 0.888. The van der Waals surface area contributed by atoms with E-state index in [9.17, 15) is 9.50 Å². The maximum Gasteiger partial charge on any atom is 0.123 e. The molecule has 0 aliphatic heterocycles. The Kier molecular flexibility index (Phi) is 3.60. The molecule has 0 saturated carbocycles. The van der Waals surface area contributed by atoms with Crippen molar-refractivity contribution in [3.05, 3.63) is 69.4 Å². The SMILES string of the molecule is Cc1ccc(F)cc1[C@H](O)c1cccc(Br)c1. The highest BCUT2D eigenvalue weighted by Gasteiger charge is 2.13. The zero-order valence-corrected chi connectivity index (χ0v) is 10.9. The molecular formula is C14H12BrFO. The van der Waals surface area contributed by atoms with Crippen LogP contribution in [0.4, 0.5) is 4.39 Å². The minimum Gasteiger partial charge on any atom is -0.384 e. The summed E-state index contributed by atoms with van der Waals surface area (Å²) in [7, 11) is 0. The smallest absolute Gasteiger partial charge is 0.123 e. The summed E-state index contributed by atoms with van der Waals surface area (Å²) in [5.74, 6) is -0.334. The van der Waals surface area contributed by atoms with E-state index >= 15 is 0 Å². The normalized spacial score (nSPS) is 12.5. The van der Waals surface area contributed by atoms with Gasteiger partial charge in [0, 0.05) is 4.47 Å². The largest absolute Gasteiger partial charge is 0.384 e. The summed E-state index contributed by atoms with van der Waals surface area (Å²) in [5, 5.41) is 10.2. The molecule has 2 aromatic rings. The molecule has 0 unspecified atom stereocenters. The third kappa shape index (κ3) is 2.73. The van der Waals surface area contributed by atoms with Crippen LogP contribution in [0, 0.1) is 12.7 Å². The molecule has 17 heavy (non-hydrogen) atoms. The number of benzene rings is 2. The lowest BCUT2D eigenvalue weighted by atomic mass is 9.97. The van der Waals surface area contributed by atoms with Gasteiger partial charge in [-0.3, -0.25) is 0 Å². The number of aliphatic hydroxyl groups excluding tert-OH is 1. The van der Waals surface area contributed by atoms with Crippen molar-refractivity contribution in [2.75, 3.05) is 0 Å². The molecule has 0 saturated heterocycles. The first-order valence-corrected chi connectivity index (χ1v) is 6.07. The Morgan fingerprint density at radius 3 is 2.65 bits per heavy atom. The fourth-order valence-electron chi connectivity index (χ4n) is 1.76. The Balaban J connectivity index is 2.43. The Hall–Kier alpha value is -1.19. The van der Waals surface area contributed by atoms with Crippen LogP contribution in [0.25, 0.3) is 0 Å². The van der Waals surface area contributed by atoms with Crippen LogP contribution in [0.2, 0.25) is 0 Å². The van der Waals surface area contributed by atoms with E-state index in [1.54, 1.807) is 6.07 Å². The molecule has 0 radical (unpaired) electrons. The first-order valence-electron chi connectivity index (χ1n) is 5.27. The number of aryl methyl sites for hydroxylation is 1. The zero-order chi connectivity index (χ0) is 12.4. The van der Waals surface area contributed by atoms with Gasteiger partial charge < -0.3 is 5.11 Å². The minimum atomic E-state index is -0.803. The molecule has 0 bridgehead atoms. The minimum absolute atomic E-state index is 0.334. The van der Waals surface area contributed by atoms with E-state index in [1.165, 1.54) is 12.1 Å². The van der Waals surface area contributed by atoms with Crippen LogP contribution in [0.1, 0.15) is 22.8 Å². The predicted octanol–water partition coefficient (Wildman–Crippen LogP) is 3.98. The van der Waals surface area contributed by atoms with Crippen LogP contribution in [-0.2, 0) is 0 Å². The van der Waals surface area contributed by atoms with Crippen molar-refractivity contribution in [3.63, 3.8) is 0 Å². The topological polar surface area (TPSA) is 20.2 Å². The van der Waals surface area contributed by atoms with Crippen molar-refractivity contribution >= 4 is 15.9 Å². The Morgan fingerprint density at radius 1 is 1.18 bits per heavy atom. The van der Waals surface area contributed by atoms with Gasteiger partial charge in [0.05, 0.1) is 0 Å². The average Bonchev–Trinajstić information content (AvgIpc) is 2.31. The van der Waals surface area contributed by atoms with Gasteiger partial charge in [-0.05, 0) is 47.9 Å². The molecule has 2 aromatic carbocycles. The molecule has 0 aliphatic rings. The van der Waals surface area contributed by atoms with Gasteiger partial charge in [0.15, 0.2) is 0 Å². The maximum absolute atomic E-state index is 13.2. The van der Waals surface area contributed by atoms with Gasteiger partial charge in [-0.1, -0.05) is 34.1 Å². The Labute approximate surface area is 108 Å². The van der Waals surface area contributed by atoms with Crippen molar-refractivity contribution < 1.29 is 9.50 Å². The molecule has 1 N–H and O–H groups in total. The monoisotopic (exact) mass is 294 g/mol. The summed E-state index contributed by atoms with van der Waals surface area (Å²) >= 11 is 3.35. The zero-order valence-electron chi connectivity index (χ0n) is 9.32. The fourth-order valence-corrected chi connectivity index (χ4v) is 2.18. The standard InChI is InChI=1S/C14H12BrFO/c1-9-5-6-12(16)8-13(9)14(17)10-3-2-4-11(15)7-10/h2-8,14,17H,1H3/t14-/m1/s1. The molecule has 0 amide bonds. The first kappa shape index (κ1) is 12.3. The van der Waals surface area contributed by atoms with Gasteiger partial charge in [0.1, 0.15) is 11.9 Å². The summed E-state index contributed by atoms with van der Waals surface area (Å²) < 4.78 is 14.1. The first-order chi connectivity index (χ1) is 8.08. The van der Waals surface area contributed by atoms with Gasteiger partial charge in [-0.25, -0.2) is 4.39 Å². The summed E-state index contributed by atoms with van der Waals surface area (Å²) in [5.41, 5.74) is 2.22. The van der Waals surface area contributed by atoms with E-state index in [0.29, 0.717) is 5.56 Å². The Morgan fingerprint density at radius 2 is 1.94 bits per heavy atom. The summed E-state index contributed by atoms with van der Waals surface area (Å²) in [6.07, 6.45) is -0.803. The molecule has 0 aliphatic carbocycles. The van der Waals surface area contributed by atoms with Crippen molar-refractivity contribution in [3.8, 4) is 0 Å². The molecule has 0 aromatic heterocycles. The number of hydrogen-bond acceptors (Lipinski definition) is 1. The van der Waals surface area contributed by atoms with Crippen LogP contribution in [0.3, 0.4) is 0 Å². The molecule has 0 fully saturated rings. The number of aliphatic hydroxyl groups is 1. The second-order valence-electron chi connectivity index (χ2n) is 3.96. The molecule has 0 heterocycles. The highest BCUT2D eigenvalue weighted by molar-refractivity contribution is 9.10. The molecule has 1 atom stereocenters.